The number of nitrogens with one attached hydrogen (secondary N) is 1. The van der Waals surface area contributed by atoms with Gasteiger partial charge < -0.3 is 15.1 Å². The van der Waals surface area contributed by atoms with E-state index in [0.29, 0.717) is 18.9 Å². The molecule has 2 unspecified atom stereocenters. The molecular formula is C14H23N3O2. The molecule has 0 aromatic rings. The van der Waals surface area contributed by atoms with Gasteiger partial charge >= 0.3 is 0 Å². The summed E-state index contributed by atoms with van der Waals surface area (Å²) in [5.74, 6) is 0.573. The molecule has 0 aliphatic carbocycles. The van der Waals surface area contributed by atoms with Gasteiger partial charge in [0.15, 0.2) is 0 Å². The van der Waals surface area contributed by atoms with E-state index in [9.17, 15) is 9.59 Å². The lowest BCUT2D eigenvalue weighted by atomic mass is 9.82. The number of hydrogen-bond donors (Lipinski definition) is 1. The highest BCUT2D eigenvalue weighted by atomic mass is 16.2. The first-order valence-electron chi connectivity index (χ1n) is 7.46. The number of nitrogens with zero attached hydrogens (tertiary/aromatic N) is 2. The molecule has 2 amide bonds. The molecule has 3 aliphatic rings. The van der Waals surface area contributed by atoms with Crippen LogP contribution in [-0.4, -0.2) is 60.4 Å². The number of carbonyl (C=O) groups is 2. The first-order chi connectivity index (χ1) is 9.16. The molecule has 3 saturated heterocycles. The molecule has 19 heavy (non-hydrogen) atoms. The third kappa shape index (κ3) is 2.04. The minimum atomic E-state index is -0.190. The van der Waals surface area contributed by atoms with E-state index in [4.69, 9.17) is 0 Å². The molecule has 3 fully saturated rings. The van der Waals surface area contributed by atoms with Crippen LogP contribution in [0.25, 0.3) is 0 Å². The largest absolute Gasteiger partial charge is 0.338 e. The van der Waals surface area contributed by atoms with Crippen LogP contribution in [0.2, 0.25) is 0 Å². The van der Waals surface area contributed by atoms with Gasteiger partial charge in [-0.1, -0.05) is 6.92 Å². The smallest absolute Gasteiger partial charge is 0.230 e. The molecule has 5 heteroatoms. The predicted octanol–water partition coefficient (Wildman–Crippen LogP) is 0.209. The summed E-state index contributed by atoms with van der Waals surface area (Å²) in [6.45, 7) is 6.05. The van der Waals surface area contributed by atoms with Gasteiger partial charge in [-0.2, -0.15) is 0 Å². The Kier molecular flexibility index (Phi) is 3.25. The van der Waals surface area contributed by atoms with Gasteiger partial charge in [0.2, 0.25) is 11.8 Å². The molecule has 5 nitrogen and oxygen atoms in total. The quantitative estimate of drug-likeness (QED) is 0.776. The highest BCUT2D eigenvalue weighted by molar-refractivity contribution is 5.84. The third-order valence-electron chi connectivity index (χ3n) is 5.16. The number of carbonyl (C=O) groups excluding carboxylic acids is 2. The Morgan fingerprint density at radius 2 is 2.32 bits per heavy atom. The maximum atomic E-state index is 12.8. The van der Waals surface area contributed by atoms with Gasteiger partial charge in [-0.25, -0.2) is 0 Å². The van der Waals surface area contributed by atoms with Crippen LogP contribution in [0.5, 0.6) is 0 Å². The van der Waals surface area contributed by atoms with Crippen molar-refractivity contribution in [3.63, 3.8) is 0 Å². The Balaban J connectivity index is 1.70. The highest BCUT2D eigenvalue weighted by Crippen LogP contribution is 2.33. The maximum Gasteiger partial charge on any atom is 0.230 e. The second-order valence-electron chi connectivity index (χ2n) is 6.09. The second kappa shape index (κ2) is 4.78. The zero-order valence-electron chi connectivity index (χ0n) is 11.7. The van der Waals surface area contributed by atoms with Crippen molar-refractivity contribution in [1.82, 2.24) is 15.1 Å². The fourth-order valence-electron chi connectivity index (χ4n) is 3.76. The van der Waals surface area contributed by atoms with Crippen molar-refractivity contribution in [3.05, 3.63) is 0 Å². The van der Waals surface area contributed by atoms with E-state index in [0.717, 1.165) is 45.4 Å². The maximum absolute atomic E-state index is 12.8. The molecule has 0 spiro atoms. The van der Waals surface area contributed by atoms with E-state index in [1.807, 2.05) is 9.80 Å². The van der Waals surface area contributed by atoms with Crippen molar-refractivity contribution in [2.24, 2.45) is 5.41 Å². The molecule has 0 saturated carbocycles. The van der Waals surface area contributed by atoms with Crippen LogP contribution >= 0.6 is 0 Å². The van der Waals surface area contributed by atoms with Crippen LogP contribution < -0.4 is 5.32 Å². The van der Waals surface area contributed by atoms with E-state index in [-0.39, 0.29) is 17.4 Å². The molecule has 3 heterocycles. The Labute approximate surface area is 114 Å². The summed E-state index contributed by atoms with van der Waals surface area (Å²) in [6.07, 6.45) is 3.43. The number of amides is 2. The van der Waals surface area contributed by atoms with Gasteiger partial charge in [-0.15, -0.1) is 0 Å². The van der Waals surface area contributed by atoms with Gasteiger partial charge in [0.25, 0.3) is 0 Å². The van der Waals surface area contributed by atoms with Gasteiger partial charge in [-0.3, -0.25) is 9.59 Å². The molecule has 0 aromatic heterocycles. The summed E-state index contributed by atoms with van der Waals surface area (Å²) in [5.41, 5.74) is -0.190. The Morgan fingerprint density at radius 3 is 3.00 bits per heavy atom. The molecule has 0 bridgehead atoms. The lowest BCUT2D eigenvalue weighted by molar-refractivity contribution is -0.146. The fraction of sp³-hybridized carbons (Fsp3) is 0.857. The minimum Gasteiger partial charge on any atom is -0.338 e. The minimum absolute atomic E-state index is 0.190. The van der Waals surface area contributed by atoms with Crippen LogP contribution in [0.15, 0.2) is 0 Å². The number of hydrogen-bond acceptors (Lipinski definition) is 3. The van der Waals surface area contributed by atoms with Crippen molar-refractivity contribution in [3.8, 4) is 0 Å². The highest BCUT2D eigenvalue weighted by Gasteiger charge is 2.45. The SMILES string of the molecule is CCC1(C(=O)N2CCN3C(=O)CCC3C2)CCNC1. The van der Waals surface area contributed by atoms with Gasteiger partial charge in [0.1, 0.15) is 0 Å². The summed E-state index contributed by atoms with van der Waals surface area (Å²) >= 11 is 0. The molecule has 106 valence electrons. The third-order valence-corrected chi connectivity index (χ3v) is 5.16. The Morgan fingerprint density at radius 1 is 1.47 bits per heavy atom. The van der Waals surface area contributed by atoms with E-state index in [2.05, 4.69) is 12.2 Å². The van der Waals surface area contributed by atoms with Crippen molar-refractivity contribution in [1.29, 1.82) is 0 Å². The number of piperazine rings is 1. The predicted molar refractivity (Wildman–Crippen MR) is 71.5 cm³/mol. The van der Waals surface area contributed by atoms with Gasteiger partial charge in [-0.05, 0) is 25.8 Å². The topological polar surface area (TPSA) is 52.7 Å². The van der Waals surface area contributed by atoms with E-state index in [1.54, 1.807) is 0 Å². The standard InChI is InChI=1S/C14H23N3O2/c1-2-14(5-6-15-10-14)13(19)16-7-8-17-11(9-16)3-4-12(17)18/h11,15H,2-10H2,1H3. The van der Waals surface area contributed by atoms with E-state index >= 15 is 0 Å². The summed E-state index contributed by atoms with van der Waals surface area (Å²) in [5, 5.41) is 3.33. The summed E-state index contributed by atoms with van der Waals surface area (Å²) in [7, 11) is 0. The van der Waals surface area contributed by atoms with Gasteiger partial charge in [0.05, 0.1) is 5.41 Å². The second-order valence-corrected chi connectivity index (χ2v) is 6.09. The molecule has 3 rings (SSSR count). The van der Waals surface area contributed by atoms with E-state index < -0.39 is 0 Å². The zero-order valence-corrected chi connectivity index (χ0v) is 11.7. The monoisotopic (exact) mass is 265 g/mol. The van der Waals surface area contributed by atoms with E-state index in [1.165, 1.54) is 0 Å². The van der Waals surface area contributed by atoms with Crippen molar-refractivity contribution in [2.75, 3.05) is 32.7 Å². The van der Waals surface area contributed by atoms with Crippen LogP contribution in [0.4, 0.5) is 0 Å². The summed E-state index contributed by atoms with van der Waals surface area (Å²) in [6, 6.07) is 0.272. The first kappa shape index (κ1) is 12.9. The summed E-state index contributed by atoms with van der Waals surface area (Å²) in [4.78, 5) is 28.5. The van der Waals surface area contributed by atoms with Crippen LogP contribution in [0, 0.1) is 5.41 Å². The van der Waals surface area contributed by atoms with Crippen LogP contribution in [-0.2, 0) is 9.59 Å². The molecule has 2 atom stereocenters. The normalized spacial score (nSPS) is 34.8. The first-order valence-corrected chi connectivity index (χ1v) is 7.46. The summed E-state index contributed by atoms with van der Waals surface area (Å²) < 4.78 is 0. The fourth-order valence-corrected chi connectivity index (χ4v) is 3.76. The molecule has 0 aromatic carbocycles. The van der Waals surface area contributed by atoms with Crippen molar-refractivity contribution >= 4 is 11.8 Å². The Hall–Kier alpha value is -1.10. The Bertz CT molecular complexity index is 390. The molecular weight excluding hydrogens is 242 g/mol. The average molecular weight is 265 g/mol. The van der Waals surface area contributed by atoms with Gasteiger partial charge in [0, 0.05) is 38.6 Å². The number of rotatable bonds is 2. The average Bonchev–Trinajstić information content (AvgIpc) is 3.06. The van der Waals surface area contributed by atoms with Crippen LogP contribution in [0.3, 0.4) is 0 Å². The molecule has 3 aliphatic heterocycles. The zero-order chi connectivity index (χ0) is 13.5. The molecule has 0 radical (unpaired) electrons. The van der Waals surface area contributed by atoms with Crippen LogP contribution in [0.1, 0.15) is 32.6 Å². The number of fused-ring (bicyclic) bond motifs is 1. The lowest BCUT2D eigenvalue weighted by Crippen LogP contribution is -2.56. The van der Waals surface area contributed by atoms with Crippen molar-refractivity contribution < 1.29 is 9.59 Å². The molecule has 1 N–H and O–H groups in total. The van der Waals surface area contributed by atoms with Crippen molar-refractivity contribution in [2.45, 2.75) is 38.6 Å². The lowest BCUT2D eigenvalue weighted by Gasteiger charge is -2.41.